The molecule has 0 aliphatic carbocycles. The van der Waals surface area contributed by atoms with Gasteiger partial charge in [-0.3, -0.25) is 0 Å². The molecule has 0 amide bonds. The van der Waals surface area contributed by atoms with Crippen LogP contribution in [0, 0.1) is 0 Å². The van der Waals surface area contributed by atoms with Gasteiger partial charge in [0, 0.05) is 33.7 Å². The molecular weight excluding hydrogens is 138 g/mol. The van der Waals surface area contributed by atoms with Gasteiger partial charge in [0.05, 0.1) is 0 Å². The van der Waals surface area contributed by atoms with Gasteiger partial charge in [-0.05, 0) is 21.0 Å². The summed E-state index contributed by atoms with van der Waals surface area (Å²) < 4.78 is 0. The summed E-state index contributed by atoms with van der Waals surface area (Å²) in [6.45, 7) is 3.31. The minimum atomic E-state index is 0.569. The molecule has 0 bridgehead atoms. The lowest BCUT2D eigenvalue weighted by atomic mass is 10.3. The Hall–Kier alpha value is -0.120. The molecule has 1 unspecified atom stereocenters. The van der Waals surface area contributed by atoms with E-state index in [1.807, 2.05) is 0 Å². The molecule has 0 spiro atoms. The summed E-state index contributed by atoms with van der Waals surface area (Å²) in [6.07, 6.45) is 0. The zero-order valence-corrected chi connectivity index (χ0v) is 8.63. The molecule has 0 aromatic carbocycles. The van der Waals surface area contributed by atoms with Crippen LogP contribution in [0.25, 0.3) is 0 Å². The highest BCUT2D eigenvalue weighted by molar-refractivity contribution is 4.61. The highest BCUT2D eigenvalue weighted by Gasteiger charge is 2.10. The van der Waals surface area contributed by atoms with Crippen molar-refractivity contribution in [2.45, 2.75) is 13.0 Å². The van der Waals surface area contributed by atoms with Crippen molar-refractivity contribution in [3.8, 4) is 0 Å². The first-order valence-electron chi connectivity index (χ1n) is 4.00. The predicted molar refractivity (Wildman–Crippen MR) is 49.5 cm³/mol. The summed E-state index contributed by atoms with van der Waals surface area (Å²) in [5.41, 5.74) is 0. The zero-order valence-electron chi connectivity index (χ0n) is 8.63. The fourth-order valence-corrected chi connectivity index (χ4v) is 1.04. The first-order chi connectivity index (χ1) is 4.95. The minimum Gasteiger partial charge on any atom is -0.308 e. The summed E-state index contributed by atoms with van der Waals surface area (Å²) >= 11 is 0. The van der Waals surface area contributed by atoms with E-state index < -0.39 is 0 Å². The number of hydrogen-bond donors (Lipinski definition) is 0. The molecular formula is C8H21N3. The van der Waals surface area contributed by atoms with Crippen molar-refractivity contribution in [3.63, 3.8) is 0 Å². The Morgan fingerprint density at radius 1 is 1.00 bits per heavy atom. The summed E-state index contributed by atoms with van der Waals surface area (Å²) in [5.74, 6) is 0. The predicted octanol–water partition coefficient (Wildman–Crippen LogP) is 0.345. The fraction of sp³-hybridized carbons (Fsp3) is 1.00. The third-order valence-corrected chi connectivity index (χ3v) is 1.90. The van der Waals surface area contributed by atoms with Gasteiger partial charge in [0.2, 0.25) is 0 Å². The SMILES string of the molecule is CC(CN(C)C)N(C)N(C)C. The van der Waals surface area contributed by atoms with Crippen LogP contribution in [0.5, 0.6) is 0 Å². The molecule has 0 N–H and O–H groups in total. The Morgan fingerprint density at radius 2 is 1.45 bits per heavy atom. The van der Waals surface area contributed by atoms with E-state index in [9.17, 15) is 0 Å². The van der Waals surface area contributed by atoms with E-state index in [0.29, 0.717) is 6.04 Å². The highest BCUT2D eigenvalue weighted by atomic mass is 15.6. The van der Waals surface area contributed by atoms with Crippen molar-refractivity contribution in [2.24, 2.45) is 0 Å². The Labute approximate surface area is 70.5 Å². The molecule has 0 rings (SSSR count). The van der Waals surface area contributed by atoms with Crippen LogP contribution in [-0.4, -0.2) is 62.7 Å². The van der Waals surface area contributed by atoms with E-state index in [-0.39, 0.29) is 0 Å². The Morgan fingerprint density at radius 3 is 1.73 bits per heavy atom. The van der Waals surface area contributed by atoms with Crippen LogP contribution < -0.4 is 0 Å². The average Bonchev–Trinajstić information content (AvgIpc) is 1.84. The third-order valence-electron chi connectivity index (χ3n) is 1.90. The van der Waals surface area contributed by atoms with Crippen molar-refractivity contribution in [3.05, 3.63) is 0 Å². The first kappa shape index (κ1) is 10.9. The van der Waals surface area contributed by atoms with Crippen molar-refractivity contribution in [1.29, 1.82) is 0 Å². The van der Waals surface area contributed by atoms with Crippen molar-refractivity contribution >= 4 is 0 Å². The van der Waals surface area contributed by atoms with Gasteiger partial charge in [0.25, 0.3) is 0 Å². The molecule has 3 nitrogen and oxygen atoms in total. The maximum atomic E-state index is 2.22. The number of likely N-dealkylation sites (N-methyl/N-ethyl adjacent to an activating group) is 2. The topological polar surface area (TPSA) is 9.72 Å². The van der Waals surface area contributed by atoms with Crippen LogP contribution in [0.1, 0.15) is 6.92 Å². The number of nitrogens with zero attached hydrogens (tertiary/aromatic N) is 3. The summed E-state index contributed by atoms with van der Waals surface area (Å²) in [6, 6.07) is 0.569. The smallest absolute Gasteiger partial charge is 0.0341 e. The number of rotatable bonds is 4. The summed E-state index contributed by atoms with van der Waals surface area (Å²) in [5, 5.41) is 4.33. The average molecular weight is 159 g/mol. The number of hydrogen-bond acceptors (Lipinski definition) is 3. The Bertz CT molecular complexity index is 102. The van der Waals surface area contributed by atoms with E-state index in [4.69, 9.17) is 0 Å². The van der Waals surface area contributed by atoms with Gasteiger partial charge in [-0.15, -0.1) is 0 Å². The van der Waals surface area contributed by atoms with Gasteiger partial charge in [0.15, 0.2) is 0 Å². The van der Waals surface area contributed by atoms with Gasteiger partial charge in [-0.1, -0.05) is 0 Å². The monoisotopic (exact) mass is 159 g/mol. The van der Waals surface area contributed by atoms with E-state index in [1.165, 1.54) is 0 Å². The lowest BCUT2D eigenvalue weighted by Crippen LogP contribution is -2.44. The molecule has 0 heterocycles. The molecule has 0 aliphatic heterocycles. The molecule has 0 aromatic rings. The maximum absolute atomic E-state index is 2.22. The second-order valence-corrected chi connectivity index (χ2v) is 3.53. The summed E-state index contributed by atoms with van der Waals surface area (Å²) in [7, 11) is 10.4. The van der Waals surface area contributed by atoms with Crippen molar-refractivity contribution in [2.75, 3.05) is 41.8 Å². The minimum absolute atomic E-state index is 0.569. The normalized spacial score (nSPS) is 15.0. The van der Waals surface area contributed by atoms with E-state index >= 15 is 0 Å². The lowest BCUT2D eigenvalue weighted by molar-refractivity contribution is 0.00810. The molecule has 0 saturated heterocycles. The number of hydrazine groups is 1. The lowest BCUT2D eigenvalue weighted by Gasteiger charge is -2.32. The standard InChI is InChI=1S/C8H21N3/c1-8(7-9(2)3)11(6)10(4)5/h8H,7H2,1-6H3. The summed E-state index contributed by atoms with van der Waals surface area (Å²) in [4.78, 5) is 2.20. The van der Waals surface area contributed by atoms with Crippen LogP contribution in [0.2, 0.25) is 0 Å². The van der Waals surface area contributed by atoms with Crippen molar-refractivity contribution in [1.82, 2.24) is 14.9 Å². The van der Waals surface area contributed by atoms with Crippen LogP contribution in [0.4, 0.5) is 0 Å². The van der Waals surface area contributed by atoms with Gasteiger partial charge >= 0.3 is 0 Å². The molecule has 11 heavy (non-hydrogen) atoms. The van der Waals surface area contributed by atoms with E-state index in [2.05, 4.69) is 57.1 Å². The largest absolute Gasteiger partial charge is 0.308 e. The molecule has 0 saturated carbocycles. The molecule has 0 aromatic heterocycles. The van der Waals surface area contributed by atoms with Crippen molar-refractivity contribution < 1.29 is 0 Å². The molecule has 3 heteroatoms. The van der Waals surface area contributed by atoms with Crippen LogP contribution in [0.3, 0.4) is 0 Å². The van der Waals surface area contributed by atoms with Gasteiger partial charge < -0.3 is 4.90 Å². The second kappa shape index (κ2) is 4.70. The van der Waals surface area contributed by atoms with Crippen LogP contribution in [0.15, 0.2) is 0 Å². The second-order valence-electron chi connectivity index (χ2n) is 3.53. The highest BCUT2D eigenvalue weighted by Crippen LogP contribution is 1.97. The molecule has 68 valence electrons. The van der Waals surface area contributed by atoms with Gasteiger partial charge in [-0.2, -0.15) is 0 Å². The van der Waals surface area contributed by atoms with Crippen LogP contribution >= 0.6 is 0 Å². The molecule has 0 aliphatic rings. The first-order valence-corrected chi connectivity index (χ1v) is 4.00. The molecule has 0 fully saturated rings. The van der Waals surface area contributed by atoms with Gasteiger partial charge in [0.1, 0.15) is 0 Å². The maximum Gasteiger partial charge on any atom is 0.0341 e. The fourth-order valence-electron chi connectivity index (χ4n) is 1.04. The Balaban J connectivity index is 3.73. The quantitative estimate of drug-likeness (QED) is 0.548. The molecule has 0 radical (unpaired) electrons. The van der Waals surface area contributed by atoms with E-state index in [1.54, 1.807) is 0 Å². The molecule has 1 atom stereocenters. The Kier molecular flexibility index (Phi) is 4.65. The third kappa shape index (κ3) is 4.35. The van der Waals surface area contributed by atoms with Gasteiger partial charge in [-0.25, -0.2) is 10.0 Å². The van der Waals surface area contributed by atoms with Crippen LogP contribution in [-0.2, 0) is 0 Å². The zero-order chi connectivity index (χ0) is 9.02. The van der Waals surface area contributed by atoms with E-state index in [0.717, 1.165) is 6.54 Å².